The van der Waals surface area contributed by atoms with Crippen LogP contribution in [0.2, 0.25) is 0 Å². The maximum atomic E-state index is 12.8. The molecule has 7 nitrogen and oxygen atoms in total. The minimum Gasteiger partial charge on any atom is -0.493 e. The first-order chi connectivity index (χ1) is 18.9. The van der Waals surface area contributed by atoms with Gasteiger partial charge < -0.3 is 24.1 Å². The number of nitrogens with zero attached hydrogens (tertiary/aromatic N) is 2. The van der Waals surface area contributed by atoms with Crippen LogP contribution in [-0.4, -0.2) is 35.8 Å². The highest BCUT2D eigenvalue weighted by atomic mass is 16.5. The van der Waals surface area contributed by atoms with Crippen LogP contribution in [0.25, 0.3) is 11.0 Å². The largest absolute Gasteiger partial charge is 0.493 e. The number of benzene rings is 3. The Bertz CT molecular complexity index is 1440. The molecule has 0 saturated carbocycles. The Labute approximate surface area is 230 Å². The molecule has 0 bridgehead atoms. The minimum absolute atomic E-state index is 0.0594. The molecule has 0 aliphatic carbocycles. The second-order valence-corrected chi connectivity index (χ2v) is 9.64. The van der Waals surface area contributed by atoms with Gasteiger partial charge in [0.1, 0.15) is 11.6 Å². The van der Waals surface area contributed by atoms with Crippen molar-refractivity contribution in [3.63, 3.8) is 0 Å². The molecule has 0 aliphatic heterocycles. The van der Waals surface area contributed by atoms with Crippen LogP contribution < -0.4 is 19.5 Å². The van der Waals surface area contributed by atoms with E-state index in [2.05, 4.69) is 16.5 Å². The Morgan fingerprint density at radius 1 is 1.05 bits per heavy atom. The van der Waals surface area contributed by atoms with Gasteiger partial charge in [0.25, 0.3) is 5.91 Å². The van der Waals surface area contributed by atoms with Gasteiger partial charge in [-0.3, -0.25) is 4.79 Å². The fourth-order valence-electron chi connectivity index (χ4n) is 4.54. The fourth-order valence-corrected chi connectivity index (χ4v) is 4.54. The van der Waals surface area contributed by atoms with Gasteiger partial charge in [0, 0.05) is 6.54 Å². The number of rotatable bonds is 13. The van der Waals surface area contributed by atoms with Crippen molar-refractivity contribution in [3.8, 4) is 17.2 Å². The standard InChI is InChI=1S/C32H37N3O4/c1-6-10-25-15-16-28(30(20-25)37-5)38-18-9-17-35-27-12-8-7-11-26(27)34-32(35)24(4)33-31(36)21-39-29-19-22(2)13-14-23(29)3/h6-8,11-16,19-20,24H,1,9-10,17-18,21H2,2-5H3,(H,33,36). The number of ether oxygens (including phenoxy) is 3. The first kappa shape index (κ1) is 27.8. The van der Waals surface area contributed by atoms with E-state index in [0.717, 1.165) is 52.1 Å². The van der Waals surface area contributed by atoms with Crippen molar-refractivity contribution in [2.75, 3.05) is 20.3 Å². The van der Waals surface area contributed by atoms with Gasteiger partial charge in [-0.05, 0) is 80.6 Å². The van der Waals surface area contributed by atoms with E-state index in [4.69, 9.17) is 19.2 Å². The van der Waals surface area contributed by atoms with Crippen molar-refractivity contribution in [1.29, 1.82) is 0 Å². The normalized spacial score (nSPS) is 11.7. The third-order valence-electron chi connectivity index (χ3n) is 6.54. The number of carbonyl (C=O) groups is 1. The highest BCUT2D eigenvalue weighted by Gasteiger charge is 2.19. The third kappa shape index (κ3) is 6.99. The molecule has 39 heavy (non-hydrogen) atoms. The van der Waals surface area contributed by atoms with Crippen LogP contribution in [0.5, 0.6) is 17.2 Å². The number of amides is 1. The molecule has 4 aromatic rings. The second-order valence-electron chi connectivity index (χ2n) is 9.64. The van der Waals surface area contributed by atoms with Crippen LogP contribution >= 0.6 is 0 Å². The number of hydrogen-bond donors (Lipinski definition) is 1. The quantitative estimate of drug-likeness (QED) is 0.168. The molecular formula is C32H37N3O4. The lowest BCUT2D eigenvalue weighted by molar-refractivity contribution is -0.123. The highest BCUT2D eigenvalue weighted by Crippen LogP contribution is 2.29. The molecule has 0 saturated heterocycles. The monoisotopic (exact) mass is 527 g/mol. The molecule has 0 aliphatic rings. The van der Waals surface area contributed by atoms with E-state index in [1.54, 1.807) is 7.11 Å². The summed E-state index contributed by atoms with van der Waals surface area (Å²) < 4.78 is 19.5. The van der Waals surface area contributed by atoms with Crippen molar-refractivity contribution in [1.82, 2.24) is 14.9 Å². The summed E-state index contributed by atoms with van der Waals surface area (Å²) in [6.07, 6.45) is 3.39. The molecule has 1 heterocycles. The Kier molecular flexibility index (Phi) is 9.26. The number of methoxy groups -OCH3 is 1. The second kappa shape index (κ2) is 13.0. The van der Waals surface area contributed by atoms with Gasteiger partial charge in [0.05, 0.1) is 30.8 Å². The molecular weight excluding hydrogens is 490 g/mol. The number of imidazole rings is 1. The maximum absolute atomic E-state index is 12.8. The topological polar surface area (TPSA) is 74.6 Å². The summed E-state index contributed by atoms with van der Waals surface area (Å²) >= 11 is 0. The van der Waals surface area contributed by atoms with Crippen molar-refractivity contribution in [3.05, 3.63) is 95.8 Å². The number of hydrogen-bond acceptors (Lipinski definition) is 5. The van der Waals surface area contributed by atoms with E-state index >= 15 is 0 Å². The summed E-state index contributed by atoms with van der Waals surface area (Å²) in [5.41, 5.74) is 5.12. The first-order valence-corrected chi connectivity index (χ1v) is 13.2. The molecule has 0 spiro atoms. The van der Waals surface area contributed by atoms with Gasteiger partial charge in [0.15, 0.2) is 18.1 Å². The van der Waals surface area contributed by atoms with E-state index in [0.29, 0.717) is 24.7 Å². The van der Waals surface area contributed by atoms with E-state index in [1.807, 2.05) is 87.5 Å². The van der Waals surface area contributed by atoms with E-state index in [9.17, 15) is 4.79 Å². The zero-order valence-corrected chi connectivity index (χ0v) is 23.2. The third-order valence-corrected chi connectivity index (χ3v) is 6.54. The average Bonchev–Trinajstić information content (AvgIpc) is 3.31. The van der Waals surface area contributed by atoms with Crippen LogP contribution in [0.1, 0.15) is 41.9 Å². The molecule has 1 N–H and O–H groups in total. The SMILES string of the molecule is C=CCc1ccc(OCCCn2c(C(C)NC(=O)COc3cc(C)ccc3C)nc3ccccc32)c(OC)c1. The number of para-hydroxylation sites is 2. The molecule has 7 heteroatoms. The summed E-state index contributed by atoms with van der Waals surface area (Å²) in [5, 5.41) is 3.05. The molecule has 1 amide bonds. The van der Waals surface area contributed by atoms with Crippen LogP contribution in [-0.2, 0) is 17.8 Å². The van der Waals surface area contributed by atoms with Crippen LogP contribution in [0.3, 0.4) is 0 Å². The van der Waals surface area contributed by atoms with Gasteiger partial charge in [-0.2, -0.15) is 0 Å². The predicted molar refractivity (Wildman–Crippen MR) is 155 cm³/mol. The summed E-state index contributed by atoms with van der Waals surface area (Å²) in [5.74, 6) is 2.74. The van der Waals surface area contributed by atoms with Gasteiger partial charge in [0.2, 0.25) is 0 Å². The lowest BCUT2D eigenvalue weighted by Crippen LogP contribution is -2.32. The smallest absolute Gasteiger partial charge is 0.258 e. The minimum atomic E-state index is -0.300. The average molecular weight is 528 g/mol. The van der Waals surface area contributed by atoms with E-state index in [1.165, 1.54) is 0 Å². The number of aromatic nitrogens is 2. The van der Waals surface area contributed by atoms with Crippen LogP contribution in [0.4, 0.5) is 0 Å². The number of allylic oxidation sites excluding steroid dienone is 1. The summed E-state index contributed by atoms with van der Waals surface area (Å²) in [6.45, 7) is 10.8. The van der Waals surface area contributed by atoms with Crippen molar-refractivity contribution >= 4 is 16.9 Å². The highest BCUT2D eigenvalue weighted by molar-refractivity contribution is 5.79. The van der Waals surface area contributed by atoms with Crippen molar-refractivity contribution in [2.24, 2.45) is 0 Å². The number of nitrogens with one attached hydrogen (secondary N) is 1. The van der Waals surface area contributed by atoms with E-state index in [-0.39, 0.29) is 18.6 Å². The molecule has 0 radical (unpaired) electrons. The zero-order valence-electron chi connectivity index (χ0n) is 23.2. The lowest BCUT2D eigenvalue weighted by atomic mass is 10.1. The van der Waals surface area contributed by atoms with E-state index < -0.39 is 0 Å². The molecule has 1 aromatic heterocycles. The number of carbonyl (C=O) groups excluding carboxylic acids is 1. The lowest BCUT2D eigenvalue weighted by Gasteiger charge is -2.17. The summed E-state index contributed by atoms with van der Waals surface area (Å²) in [4.78, 5) is 17.6. The van der Waals surface area contributed by atoms with Gasteiger partial charge in [-0.25, -0.2) is 4.98 Å². The zero-order chi connectivity index (χ0) is 27.8. The predicted octanol–water partition coefficient (Wildman–Crippen LogP) is 6.12. The Hall–Kier alpha value is -4.26. The van der Waals surface area contributed by atoms with Gasteiger partial charge in [-0.15, -0.1) is 6.58 Å². The summed E-state index contributed by atoms with van der Waals surface area (Å²) in [6, 6.07) is 19.6. The molecule has 0 fully saturated rings. The molecule has 204 valence electrons. The number of aryl methyl sites for hydroxylation is 3. The van der Waals surface area contributed by atoms with Crippen LogP contribution in [0, 0.1) is 13.8 Å². The number of fused-ring (bicyclic) bond motifs is 1. The Morgan fingerprint density at radius 3 is 2.67 bits per heavy atom. The fraction of sp³-hybridized carbons (Fsp3) is 0.312. The van der Waals surface area contributed by atoms with Crippen LogP contribution in [0.15, 0.2) is 73.3 Å². The Morgan fingerprint density at radius 2 is 1.87 bits per heavy atom. The maximum Gasteiger partial charge on any atom is 0.258 e. The first-order valence-electron chi connectivity index (χ1n) is 13.2. The van der Waals surface area contributed by atoms with Crippen molar-refractivity contribution < 1.29 is 19.0 Å². The molecule has 1 unspecified atom stereocenters. The Balaban J connectivity index is 1.40. The van der Waals surface area contributed by atoms with Gasteiger partial charge >= 0.3 is 0 Å². The van der Waals surface area contributed by atoms with Gasteiger partial charge in [-0.1, -0.05) is 36.4 Å². The molecule has 3 aromatic carbocycles. The van der Waals surface area contributed by atoms with Crippen molar-refractivity contribution in [2.45, 2.75) is 46.2 Å². The molecule has 1 atom stereocenters. The summed E-state index contributed by atoms with van der Waals surface area (Å²) in [7, 11) is 1.65. The molecule has 4 rings (SSSR count).